The van der Waals surface area contributed by atoms with Gasteiger partial charge in [0.15, 0.2) is 16.3 Å². The number of benzene rings is 2. The summed E-state index contributed by atoms with van der Waals surface area (Å²) in [5, 5.41) is 9.12. The predicted molar refractivity (Wildman–Crippen MR) is 177 cm³/mol. The number of amides is 4. The average Bonchev–Trinajstić information content (AvgIpc) is 3.81. The summed E-state index contributed by atoms with van der Waals surface area (Å²) in [6.45, 7) is 2.12. The molecule has 7 aliphatic rings. The fourth-order valence-corrected chi connectivity index (χ4v) is 11.4. The van der Waals surface area contributed by atoms with Gasteiger partial charge in [-0.1, -0.05) is 59.8 Å². The van der Waals surface area contributed by atoms with Crippen LogP contribution in [0.5, 0.6) is 0 Å². The van der Waals surface area contributed by atoms with E-state index >= 15 is 0 Å². The van der Waals surface area contributed by atoms with E-state index in [0.717, 1.165) is 39.5 Å². The highest BCUT2D eigenvalue weighted by atomic mass is 35.5. The topological polar surface area (TPSA) is 139 Å². The lowest BCUT2D eigenvalue weighted by molar-refractivity contribution is -0.176. The monoisotopic (exact) mass is 688 g/mol. The van der Waals surface area contributed by atoms with Crippen molar-refractivity contribution in [2.45, 2.75) is 52.0 Å². The number of anilines is 1. The van der Waals surface area contributed by atoms with Crippen molar-refractivity contribution >= 4 is 69.4 Å². The summed E-state index contributed by atoms with van der Waals surface area (Å²) in [4.78, 5) is 72.3. The highest BCUT2D eigenvalue weighted by Crippen LogP contribution is 2.69. The molecule has 6 fully saturated rings. The molecule has 0 saturated carbocycles. The number of halogens is 1. The molecule has 248 valence electrons. The van der Waals surface area contributed by atoms with Crippen molar-refractivity contribution in [3.05, 3.63) is 65.9 Å². The lowest BCUT2D eigenvalue weighted by Gasteiger charge is -2.55. The Morgan fingerprint density at radius 1 is 0.896 bits per heavy atom. The van der Waals surface area contributed by atoms with Gasteiger partial charge >= 0.3 is 0 Å². The number of piperazine rings is 2. The van der Waals surface area contributed by atoms with E-state index in [1.54, 1.807) is 11.9 Å². The van der Waals surface area contributed by atoms with Crippen LogP contribution in [-0.4, -0.2) is 115 Å². The molecule has 1 spiro atoms. The molecule has 48 heavy (non-hydrogen) atoms. The van der Waals surface area contributed by atoms with Gasteiger partial charge in [-0.05, 0) is 24.6 Å². The highest BCUT2D eigenvalue weighted by molar-refractivity contribution is 8.05. The van der Waals surface area contributed by atoms with Crippen LogP contribution in [-0.2, 0) is 35.9 Å². The second kappa shape index (κ2) is 9.11. The van der Waals surface area contributed by atoms with Gasteiger partial charge in [0.1, 0.15) is 11.7 Å². The average molecular weight is 689 g/mol. The van der Waals surface area contributed by atoms with Crippen molar-refractivity contribution in [1.29, 1.82) is 0 Å². The Hall–Kier alpha value is -4.11. The molecule has 6 saturated heterocycles. The normalized spacial score (nSPS) is 36.5. The number of carbonyl (C=O) groups excluding carboxylic acids is 5. The summed E-state index contributed by atoms with van der Waals surface area (Å²) in [6, 6.07) is 15.7. The summed E-state index contributed by atoms with van der Waals surface area (Å²) < 4.78 is 2.13. The van der Waals surface area contributed by atoms with E-state index in [1.807, 2.05) is 54.7 Å². The summed E-state index contributed by atoms with van der Waals surface area (Å²) in [5.74, 6) is -1.86. The van der Waals surface area contributed by atoms with Gasteiger partial charge in [0.25, 0.3) is 28.8 Å². The van der Waals surface area contributed by atoms with Crippen molar-refractivity contribution in [3.63, 3.8) is 0 Å². The first kappa shape index (κ1) is 30.0. The number of rotatable bonds is 4. The quantitative estimate of drug-likeness (QED) is 0.207. The summed E-state index contributed by atoms with van der Waals surface area (Å²) >= 11 is 7.88. The van der Waals surface area contributed by atoms with Gasteiger partial charge in [0.2, 0.25) is 4.87 Å². The van der Waals surface area contributed by atoms with Gasteiger partial charge in [-0.15, -0.1) is 0 Å². The number of Topliss-reactive ketones (excluding diaryl/α,β-unsaturated/α-hetero) is 1. The third kappa shape index (κ3) is 3.04. The number of ketones is 1. The molecule has 0 aliphatic carbocycles. The lowest BCUT2D eigenvalue weighted by atomic mass is 9.86. The van der Waals surface area contributed by atoms with Gasteiger partial charge in [0, 0.05) is 75.4 Å². The van der Waals surface area contributed by atoms with Gasteiger partial charge in [-0.3, -0.25) is 39.5 Å². The molecule has 0 unspecified atom stereocenters. The number of fused-ring (bicyclic) bond motifs is 11. The van der Waals surface area contributed by atoms with Gasteiger partial charge < -0.3 is 24.6 Å². The summed E-state index contributed by atoms with van der Waals surface area (Å²) in [5.41, 5.74) is 0.993. The number of para-hydroxylation sites is 2. The van der Waals surface area contributed by atoms with Crippen LogP contribution in [0.4, 0.5) is 5.69 Å². The Labute approximate surface area is 284 Å². The van der Waals surface area contributed by atoms with E-state index in [2.05, 4.69) is 20.5 Å². The number of likely N-dealkylation sites (N-methyl/N-ethyl adjacent to an activating group) is 3. The molecular weight excluding hydrogens is 656 g/mol. The van der Waals surface area contributed by atoms with Crippen LogP contribution >= 0.6 is 23.4 Å². The molecule has 3 N–H and O–H groups in total. The molecule has 13 nitrogen and oxygen atoms in total. The molecule has 7 aliphatic heterocycles. The largest absolute Gasteiger partial charge is 0.363 e. The molecule has 4 amide bonds. The zero-order valence-electron chi connectivity index (χ0n) is 26.7. The summed E-state index contributed by atoms with van der Waals surface area (Å²) in [7, 11) is 4.65. The first-order valence-electron chi connectivity index (χ1n) is 15.9. The van der Waals surface area contributed by atoms with E-state index < -0.39 is 44.0 Å². The molecule has 2 aromatic carbocycles. The second-order valence-corrected chi connectivity index (χ2v) is 15.6. The van der Waals surface area contributed by atoms with Crippen LogP contribution in [0.25, 0.3) is 10.9 Å². The van der Waals surface area contributed by atoms with Crippen LogP contribution in [0.1, 0.15) is 24.5 Å². The maximum absolute atomic E-state index is 14.4. The Bertz CT molecular complexity index is 2060. The zero-order chi connectivity index (χ0) is 33.8. The van der Waals surface area contributed by atoms with Crippen molar-refractivity contribution in [3.8, 4) is 0 Å². The van der Waals surface area contributed by atoms with Crippen LogP contribution < -0.4 is 16.0 Å². The molecule has 15 heteroatoms. The minimum Gasteiger partial charge on any atom is -0.363 e. The van der Waals surface area contributed by atoms with Gasteiger partial charge in [-0.2, -0.15) is 0 Å². The minimum absolute atomic E-state index is 0.131. The van der Waals surface area contributed by atoms with Crippen LogP contribution in [0, 0.1) is 0 Å². The Morgan fingerprint density at radius 2 is 1.60 bits per heavy atom. The smallest absolute Gasteiger partial charge is 0.281 e. The first-order valence-corrected chi connectivity index (χ1v) is 17.0. The molecule has 6 atom stereocenters. The Balaban J connectivity index is 1.25. The van der Waals surface area contributed by atoms with Gasteiger partial charge in [0.05, 0.1) is 0 Å². The molecule has 1 aromatic heterocycles. The van der Waals surface area contributed by atoms with E-state index in [4.69, 9.17) is 11.6 Å². The number of nitrogens with zero attached hydrogens (tertiary/aromatic N) is 5. The maximum atomic E-state index is 14.4. The van der Waals surface area contributed by atoms with E-state index in [9.17, 15) is 24.0 Å². The molecule has 8 heterocycles. The highest BCUT2D eigenvalue weighted by Gasteiger charge is 2.83. The fraction of sp³-hybridized carbons (Fsp3) is 0.424. The molecule has 3 aromatic rings. The van der Waals surface area contributed by atoms with E-state index in [1.165, 1.54) is 35.7 Å². The second-order valence-electron chi connectivity index (χ2n) is 13.6. The third-order valence-electron chi connectivity index (χ3n) is 11.6. The number of hydrogen-bond acceptors (Lipinski definition) is 9. The molecule has 4 bridgehead atoms. The number of carbonyl (C=O) groups is 5. The number of hydrogen-bond donors (Lipinski definition) is 3. The molecular formula is C33H33ClN8O5S. The van der Waals surface area contributed by atoms with Crippen LogP contribution in [0.2, 0.25) is 0 Å². The van der Waals surface area contributed by atoms with Crippen molar-refractivity contribution in [2.75, 3.05) is 39.5 Å². The van der Waals surface area contributed by atoms with E-state index in [0.29, 0.717) is 13.1 Å². The van der Waals surface area contributed by atoms with Gasteiger partial charge in [-0.25, -0.2) is 0 Å². The fourth-order valence-electron chi connectivity index (χ4n) is 9.23. The zero-order valence-corrected chi connectivity index (χ0v) is 28.2. The summed E-state index contributed by atoms with van der Waals surface area (Å²) in [6.07, 6.45) is 1.65. The Kier molecular flexibility index (Phi) is 5.69. The van der Waals surface area contributed by atoms with Crippen molar-refractivity contribution in [1.82, 2.24) is 34.8 Å². The SMILES string of the molecule is CC(=O)[C@]12S[C@@]3(C[C@]4(n5cc(C[C@@]67NCCN[C@@](Cl)(C(=O)N6C)N(C)C7=O)c6ccccc65)c5ccccc5N[C@@H]4N3C1=O)C(=O)N2C. The number of nitrogens with one attached hydrogen (secondary N) is 3. The molecule has 0 radical (unpaired) electrons. The number of aromatic nitrogens is 1. The standard InChI is InChI=1S/C33H33ClN8O5S/c1-18(43)32-27(46)42-24-29(21-10-6-7-11-22(21)37-24,17-31(42,48-32)26(45)39(32)3)41-16-19(20-9-5-8-12-23(20)41)15-30-25(44)40(4)33(34,28(47)38(30)2)36-14-13-35-30/h5-12,16,24,35-37H,13-15,17H2,1-4H3/t24-,29+,30-,31+,32+,33+/m1/s1. The Morgan fingerprint density at radius 3 is 2.38 bits per heavy atom. The first-order chi connectivity index (χ1) is 22.8. The molecule has 10 rings (SSSR count). The van der Waals surface area contributed by atoms with Crippen molar-refractivity contribution in [2.24, 2.45) is 0 Å². The third-order valence-corrected chi connectivity index (χ3v) is 14.0. The van der Waals surface area contributed by atoms with E-state index in [-0.39, 0.29) is 30.4 Å². The van der Waals surface area contributed by atoms with Crippen LogP contribution in [0.15, 0.2) is 54.7 Å². The number of alkyl halides is 1. The predicted octanol–water partition coefficient (Wildman–Crippen LogP) is 0.824. The van der Waals surface area contributed by atoms with Crippen LogP contribution in [0.3, 0.4) is 0 Å². The van der Waals surface area contributed by atoms with Crippen molar-refractivity contribution < 1.29 is 24.0 Å². The lowest BCUT2D eigenvalue weighted by Crippen LogP contribution is -2.83. The maximum Gasteiger partial charge on any atom is 0.281 e. The minimum atomic E-state index is -1.69. The number of thioether (sulfide) groups is 1.